The van der Waals surface area contributed by atoms with Crippen LogP contribution < -0.4 is 5.32 Å². The molecule has 0 heterocycles. The second kappa shape index (κ2) is 3.98. The third kappa shape index (κ3) is 2.43. The van der Waals surface area contributed by atoms with Crippen LogP contribution >= 0.6 is 0 Å². The van der Waals surface area contributed by atoms with E-state index in [1.807, 2.05) is 7.05 Å². The summed E-state index contributed by atoms with van der Waals surface area (Å²) in [4.78, 5) is 0. The Morgan fingerprint density at radius 3 is 1.88 bits per heavy atom. The van der Waals surface area contributed by atoms with Gasteiger partial charge in [0.15, 0.2) is 0 Å². The van der Waals surface area contributed by atoms with Gasteiger partial charge in [-0.15, -0.1) is 0 Å². The van der Waals surface area contributed by atoms with E-state index >= 15 is 0 Å². The van der Waals surface area contributed by atoms with Crippen LogP contribution in [-0.2, 0) is 9.84 Å². The van der Waals surface area contributed by atoms with Gasteiger partial charge in [0.2, 0.25) is 0 Å². The first kappa shape index (κ1) is 14.0. The minimum Gasteiger partial charge on any atom is -0.317 e. The van der Waals surface area contributed by atoms with E-state index in [9.17, 15) is 8.42 Å². The summed E-state index contributed by atoms with van der Waals surface area (Å²) < 4.78 is 22.4. The molecule has 0 radical (unpaired) electrons. The Morgan fingerprint density at radius 2 is 1.62 bits per heavy atom. The molecule has 0 amide bonds. The second-order valence-electron chi connectivity index (χ2n) is 6.23. The minimum absolute atomic E-state index is 0.279. The lowest BCUT2D eigenvalue weighted by Gasteiger charge is -2.18. The molecule has 1 aliphatic carbocycles. The first-order valence-corrected chi connectivity index (χ1v) is 7.95. The lowest BCUT2D eigenvalue weighted by atomic mass is 10.0. The van der Waals surface area contributed by atoms with Crippen LogP contribution in [0.1, 0.15) is 34.1 Å². The van der Waals surface area contributed by atoms with E-state index in [4.69, 9.17) is 0 Å². The van der Waals surface area contributed by atoms with Crippen LogP contribution in [0.5, 0.6) is 0 Å². The molecule has 1 aliphatic rings. The van der Waals surface area contributed by atoms with Crippen LogP contribution in [0.25, 0.3) is 0 Å². The van der Waals surface area contributed by atoms with Crippen LogP contribution in [0, 0.1) is 16.7 Å². The Kier molecular flexibility index (Phi) is 3.48. The summed E-state index contributed by atoms with van der Waals surface area (Å²) in [6.07, 6.45) is 2.02. The monoisotopic (exact) mass is 247 g/mol. The summed E-state index contributed by atoms with van der Waals surface area (Å²) in [5.41, 5.74) is 0.608. The van der Waals surface area contributed by atoms with E-state index in [0.717, 1.165) is 0 Å². The lowest BCUT2D eigenvalue weighted by molar-refractivity contribution is 0.412. The van der Waals surface area contributed by atoms with Crippen LogP contribution in [-0.4, -0.2) is 33.5 Å². The molecule has 0 aromatic carbocycles. The fourth-order valence-corrected chi connectivity index (χ4v) is 3.75. The highest BCUT2D eigenvalue weighted by Crippen LogP contribution is 2.69. The molecule has 0 saturated heterocycles. The Bertz CT molecular complexity index is 343. The highest BCUT2D eigenvalue weighted by Gasteiger charge is 2.66. The van der Waals surface area contributed by atoms with Crippen molar-refractivity contribution in [2.75, 3.05) is 19.1 Å². The second-order valence-corrected chi connectivity index (χ2v) is 8.49. The van der Waals surface area contributed by atoms with E-state index in [2.05, 4.69) is 33.0 Å². The fourth-order valence-electron chi connectivity index (χ4n) is 3.07. The average Bonchev–Trinajstić information content (AvgIpc) is 2.46. The zero-order valence-electron chi connectivity index (χ0n) is 11.3. The number of rotatable bonds is 5. The van der Waals surface area contributed by atoms with Gasteiger partial charge in [-0.2, -0.15) is 0 Å². The third-order valence-corrected chi connectivity index (χ3v) is 5.68. The van der Waals surface area contributed by atoms with Gasteiger partial charge in [-0.3, -0.25) is 0 Å². The number of hydrogen-bond donors (Lipinski definition) is 1. The summed E-state index contributed by atoms with van der Waals surface area (Å²) in [6, 6.07) is 0.305. The smallest absolute Gasteiger partial charge is 0.147 e. The molecule has 1 saturated carbocycles. The molecule has 0 aliphatic heterocycles. The predicted octanol–water partition coefficient (Wildman–Crippen LogP) is 1.69. The summed E-state index contributed by atoms with van der Waals surface area (Å²) in [5, 5.41) is 3.28. The molecule has 0 spiro atoms. The van der Waals surface area contributed by atoms with E-state index in [0.29, 0.717) is 29.2 Å². The number of sulfone groups is 1. The number of hydrogen-bond acceptors (Lipinski definition) is 3. The molecule has 0 aromatic rings. The maximum absolute atomic E-state index is 11.2. The van der Waals surface area contributed by atoms with Gasteiger partial charge in [-0.05, 0) is 30.2 Å². The van der Waals surface area contributed by atoms with Gasteiger partial charge in [0.25, 0.3) is 0 Å². The molecule has 1 rings (SSSR count). The first-order valence-electron chi connectivity index (χ1n) is 5.89. The van der Waals surface area contributed by atoms with Crippen molar-refractivity contribution in [3.8, 4) is 0 Å². The average molecular weight is 247 g/mol. The molecule has 1 N–H and O–H groups in total. The normalized spacial score (nSPS) is 25.4. The zero-order valence-corrected chi connectivity index (χ0v) is 12.1. The topological polar surface area (TPSA) is 46.2 Å². The molecule has 4 heteroatoms. The van der Waals surface area contributed by atoms with Crippen molar-refractivity contribution in [1.29, 1.82) is 0 Å². The van der Waals surface area contributed by atoms with E-state index in [1.54, 1.807) is 0 Å². The molecule has 0 aromatic heterocycles. The predicted molar refractivity (Wildman–Crippen MR) is 68.2 cm³/mol. The first-order chi connectivity index (χ1) is 7.04. The zero-order chi connectivity index (χ0) is 12.8. The molecule has 96 valence electrons. The standard InChI is InChI=1S/C12H25NO2S/c1-11(2)10(12(11,3)4)9(13-5)7-8-16(6,14)15/h9-10,13H,7-8H2,1-6H3. The molecule has 16 heavy (non-hydrogen) atoms. The SMILES string of the molecule is CNC(CCS(C)(=O)=O)C1C(C)(C)C1(C)C. The molecule has 0 bridgehead atoms. The van der Waals surface area contributed by atoms with Gasteiger partial charge in [0.1, 0.15) is 9.84 Å². The highest BCUT2D eigenvalue weighted by atomic mass is 32.2. The molecule has 1 fully saturated rings. The molecule has 3 nitrogen and oxygen atoms in total. The summed E-state index contributed by atoms with van der Waals surface area (Å²) in [7, 11) is -0.922. The van der Waals surface area contributed by atoms with Gasteiger partial charge >= 0.3 is 0 Å². The van der Waals surface area contributed by atoms with Crippen molar-refractivity contribution in [3.63, 3.8) is 0 Å². The van der Waals surface area contributed by atoms with Crippen LogP contribution in [0.4, 0.5) is 0 Å². The van der Waals surface area contributed by atoms with Crippen molar-refractivity contribution in [1.82, 2.24) is 5.32 Å². The van der Waals surface area contributed by atoms with Gasteiger partial charge in [0.05, 0.1) is 5.75 Å². The molecule has 1 unspecified atom stereocenters. The van der Waals surface area contributed by atoms with Crippen molar-refractivity contribution >= 4 is 9.84 Å². The maximum atomic E-state index is 11.2. The van der Waals surface area contributed by atoms with Crippen molar-refractivity contribution in [2.24, 2.45) is 16.7 Å². The third-order valence-electron chi connectivity index (χ3n) is 4.71. The van der Waals surface area contributed by atoms with Crippen LogP contribution in [0.3, 0.4) is 0 Å². The molecular formula is C12H25NO2S. The van der Waals surface area contributed by atoms with Crippen LogP contribution in [0.15, 0.2) is 0 Å². The molecular weight excluding hydrogens is 222 g/mol. The van der Waals surface area contributed by atoms with Crippen molar-refractivity contribution in [2.45, 2.75) is 40.2 Å². The summed E-state index contributed by atoms with van der Waals surface area (Å²) >= 11 is 0. The van der Waals surface area contributed by atoms with Gasteiger partial charge < -0.3 is 5.32 Å². The Morgan fingerprint density at radius 1 is 1.19 bits per heavy atom. The fraction of sp³-hybridized carbons (Fsp3) is 1.00. The van der Waals surface area contributed by atoms with Crippen molar-refractivity contribution < 1.29 is 8.42 Å². The van der Waals surface area contributed by atoms with Gasteiger partial charge in [-0.1, -0.05) is 27.7 Å². The van der Waals surface area contributed by atoms with Gasteiger partial charge in [0, 0.05) is 12.3 Å². The Hall–Kier alpha value is -0.0900. The van der Waals surface area contributed by atoms with Gasteiger partial charge in [-0.25, -0.2) is 8.42 Å². The lowest BCUT2D eigenvalue weighted by Crippen LogP contribution is -2.32. The maximum Gasteiger partial charge on any atom is 0.147 e. The molecule has 1 atom stereocenters. The Labute approximate surface area is 99.9 Å². The Balaban J connectivity index is 2.65. The highest BCUT2D eigenvalue weighted by molar-refractivity contribution is 7.90. The largest absolute Gasteiger partial charge is 0.317 e. The van der Waals surface area contributed by atoms with Crippen molar-refractivity contribution in [3.05, 3.63) is 0 Å². The van der Waals surface area contributed by atoms with E-state index < -0.39 is 9.84 Å². The van der Waals surface area contributed by atoms with E-state index in [1.165, 1.54) is 6.26 Å². The summed E-state index contributed by atoms with van der Waals surface area (Å²) in [5.74, 6) is 0.841. The van der Waals surface area contributed by atoms with Crippen LogP contribution in [0.2, 0.25) is 0 Å². The summed E-state index contributed by atoms with van der Waals surface area (Å²) in [6.45, 7) is 9.07. The minimum atomic E-state index is -2.85. The quantitative estimate of drug-likeness (QED) is 0.804. The van der Waals surface area contributed by atoms with E-state index in [-0.39, 0.29) is 5.75 Å². The number of nitrogens with one attached hydrogen (secondary N) is 1.